The van der Waals surface area contributed by atoms with Crippen LogP contribution in [0.25, 0.3) is 0 Å². The number of carbonyl (C=O) groups is 3. The van der Waals surface area contributed by atoms with Gasteiger partial charge < -0.3 is 74.4 Å². The lowest BCUT2D eigenvalue weighted by molar-refractivity contribution is -0.318. The Bertz CT molecular complexity index is 2310. The monoisotopic (exact) mass is 1150 g/mol. The number of rotatable bonds is 12. The first kappa shape index (κ1) is 66.0. The highest BCUT2D eigenvalue weighted by atomic mass is 19.1. The van der Waals surface area contributed by atoms with E-state index in [1.165, 1.54) is 26.2 Å². The molecular weight excluding hydrogens is 1050 g/mol. The van der Waals surface area contributed by atoms with Crippen molar-refractivity contribution < 1.29 is 82.9 Å². The first-order valence-electron chi connectivity index (χ1n) is 30.1. The summed E-state index contributed by atoms with van der Waals surface area (Å²) in [6, 6.07) is -1.17. The normalized spacial score (nSPS) is 50.3. The molecule has 3 saturated heterocycles. The van der Waals surface area contributed by atoms with Gasteiger partial charge in [0.2, 0.25) is 0 Å². The highest BCUT2D eigenvalue weighted by Gasteiger charge is 2.76. The van der Waals surface area contributed by atoms with Crippen LogP contribution in [0.3, 0.4) is 0 Å². The number of allylic oxidation sites excluding steroid dienone is 4. The Labute approximate surface area is 480 Å². The molecule has 20 heteroatoms. The Balaban J connectivity index is 1.16. The fraction of sp³-hybridized carbons (Fsp3) is 0.885. The first-order valence-corrected chi connectivity index (χ1v) is 30.1. The maximum Gasteiger partial charge on any atom is 0.311 e. The lowest BCUT2D eigenvalue weighted by Gasteiger charge is -2.62. The molecule has 19 nitrogen and oxygen atoms in total. The van der Waals surface area contributed by atoms with Gasteiger partial charge in [-0.05, 0) is 151 Å². The summed E-state index contributed by atoms with van der Waals surface area (Å²) in [6.45, 7) is 23.1. The zero-order valence-corrected chi connectivity index (χ0v) is 51.3. The molecule has 0 aromatic rings. The Morgan fingerprint density at radius 3 is 2.20 bits per heavy atom. The smallest absolute Gasteiger partial charge is 0.311 e. The van der Waals surface area contributed by atoms with Gasteiger partial charge in [0.05, 0.1) is 47.6 Å². The molecule has 1 amide bonds. The number of ether oxygens (including phenoxy) is 6. The van der Waals surface area contributed by atoms with Crippen molar-refractivity contribution in [3.63, 3.8) is 0 Å². The molecule has 4 aliphatic carbocycles. The minimum Gasteiger partial charge on any atom is -0.459 e. The second-order valence-electron chi connectivity index (χ2n) is 27.5. The third-order valence-electron chi connectivity index (χ3n) is 21.5. The van der Waals surface area contributed by atoms with Gasteiger partial charge in [-0.25, -0.2) is 4.39 Å². The third kappa shape index (κ3) is 11.8. The molecule has 0 aromatic carbocycles. The van der Waals surface area contributed by atoms with Gasteiger partial charge in [0.15, 0.2) is 29.6 Å². The molecule has 0 bridgehead atoms. The van der Waals surface area contributed by atoms with Gasteiger partial charge >= 0.3 is 5.97 Å². The van der Waals surface area contributed by atoms with Crippen molar-refractivity contribution in [2.75, 3.05) is 40.8 Å². The van der Waals surface area contributed by atoms with Crippen molar-refractivity contribution in [3.8, 4) is 0 Å². The molecule has 0 aromatic heterocycles. The number of esters is 1. The van der Waals surface area contributed by atoms with Crippen LogP contribution in [0.4, 0.5) is 4.39 Å². The van der Waals surface area contributed by atoms with E-state index in [0.717, 1.165) is 0 Å². The second kappa shape index (κ2) is 24.3. The molecular formula is C61H102FN3O16. The highest BCUT2D eigenvalue weighted by Crippen LogP contribution is 2.70. The topological polar surface area (TPSA) is 267 Å². The predicted molar refractivity (Wildman–Crippen MR) is 299 cm³/mol. The van der Waals surface area contributed by atoms with Gasteiger partial charge in [-0.3, -0.25) is 19.3 Å². The SMILES string of the molecule is CC[C@H]1OC(=O)[C@H](C)[C@@H](O[C@@H]2C[C@](C)(OC)[C@H](O)C(C)O2)[C@H](C)[C@@H](O[C@@H]2O[C@H](C)C[C@@H](N(C)C)[C@H]2O)[C@](C)(O)C[C@@H](C)CN(CCCNC(=O)[C@@]2(O)[C@H](C)CC3C4CCC5=CC(=O)C=C[C@]5(C)[C@@]4(F)[C@@H](O)C[C@@]32C)[C@H](C)[C@@H](O)[C@]1(C)O. The Morgan fingerprint density at radius 2 is 1.57 bits per heavy atom. The van der Waals surface area contributed by atoms with Gasteiger partial charge in [-0.15, -0.1) is 0 Å². The van der Waals surface area contributed by atoms with Crippen LogP contribution in [0.5, 0.6) is 0 Å². The molecule has 3 unspecified atom stereocenters. The molecule has 6 fully saturated rings. The van der Waals surface area contributed by atoms with Gasteiger partial charge in [-0.1, -0.05) is 46.3 Å². The minimum atomic E-state index is -2.13. The number of hydrogen-bond acceptors (Lipinski definition) is 18. The van der Waals surface area contributed by atoms with Crippen molar-refractivity contribution in [2.24, 2.45) is 46.3 Å². The summed E-state index contributed by atoms with van der Waals surface area (Å²) in [4.78, 5) is 45.6. The van der Waals surface area contributed by atoms with E-state index in [1.807, 2.05) is 37.7 Å². The molecule has 7 aliphatic rings. The summed E-state index contributed by atoms with van der Waals surface area (Å²) in [5.41, 5.74) is -10.7. The number of likely N-dealkylation sites (N-methyl/N-ethyl adjacent to an activating group) is 1. The predicted octanol–water partition coefficient (Wildman–Crippen LogP) is 4.13. The first-order chi connectivity index (χ1) is 37.5. The maximum atomic E-state index is 17.9. The Kier molecular flexibility index (Phi) is 19.8. The lowest BCUT2D eigenvalue weighted by Crippen LogP contribution is -2.70. The van der Waals surface area contributed by atoms with E-state index in [9.17, 15) is 50.1 Å². The molecule has 0 radical (unpaired) electrons. The van der Waals surface area contributed by atoms with Crippen LogP contribution in [0.1, 0.15) is 148 Å². The zero-order chi connectivity index (χ0) is 60.5. The van der Waals surface area contributed by atoms with Crippen molar-refractivity contribution >= 4 is 17.7 Å². The summed E-state index contributed by atoms with van der Waals surface area (Å²) in [5, 5.41) is 88.4. The van der Waals surface area contributed by atoms with Crippen LogP contribution in [-0.2, 0) is 42.8 Å². The number of ketones is 1. The largest absolute Gasteiger partial charge is 0.459 e. The molecule has 81 heavy (non-hydrogen) atoms. The van der Waals surface area contributed by atoms with Crippen LogP contribution in [-0.4, -0.2) is 212 Å². The maximum absolute atomic E-state index is 17.9. The number of hydrogen-bond donors (Lipinski definition) is 8. The van der Waals surface area contributed by atoms with Crippen LogP contribution < -0.4 is 5.32 Å². The lowest BCUT2D eigenvalue weighted by atomic mass is 9.44. The zero-order valence-electron chi connectivity index (χ0n) is 51.3. The minimum absolute atomic E-state index is 0.0643. The quantitative estimate of drug-likeness (QED) is 0.101. The van der Waals surface area contributed by atoms with E-state index < -0.39 is 148 Å². The number of amides is 1. The van der Waals surface area contributed by atoms with Gasteiger partial charge in [0.25, 0.3) is 5.91 Å². The standard InChI is InChI=1S/C61H102FN3O16/c1-17-45-59(13,74)49(69)37(7)65(24-18-23-63-54(72)61(75)33(3)25-42-41-20-19-39-27-40(66)21-22-55(39,9)60(41,62)44(67)29-56(42,61)10)31-32(2)28-57(11,73)51(81-53-47(68)43(64(14)15)26-34(4)77-53)35(5)48(36(6)52(71)79-45)80-46-30-58(12,76-16)50(70)38(8)78-46/h21-22,27,32-38,41-51,53,67-70,73-75H,17-20,23-26,28-31H2,1-16H3,(H,63,72)/t32-,33-,34-,35+,36-,37-,38?,41?,42?,43-,44+,45-,46-,47-,48+,49-,50-,51-,53+,55+,56+,57-,58+,59-,60+,61+/m1/s1. The van der Waals surface area contributed by atoms with E-state index in [4.69, 9.17) is 28.4 Å². The number of cyclic esters (lactones) is 1. The summed E-state index contributed by atoms with van der Waals surface area (Å²) < 4.78 is 56.2. The van der Waals surface area contributed by atoms with Crippen molar-refractivity contribution in [2.45, 2.75) is 255 Å². The summed E-state index contributed by atoms with van der Waals surface area (Å²) >= 11 is 0. The summed E-state index contributed by atoms with van der Waals surface area (Å²) in [7, 11) is 5.20. The molecule has 0 spiro atoms. The van der Waals surface area contributed by atoms with E-state index in [1.54, 1.807) is 75.3 Å². The fourth-order valence-electron chi connectivity index (χ4n) is 16.5. The van der Waals surface area contributed by atoms with E-state index >= 15 is 4.39 Å². The molecule has 7 rings (SSSR count). The molecule has 3 heterocycles. The van der Waals surface area contributed by atoms with Crippen LogP contribution in [0, 0.1) is 46.3 Å². The molecule has 3 aliphatic heterocycles. The summed E-state index contributed by atoms with van der Waals surface area (Å²) in [5.74, 6) is -5.72. The molecule has 464 valence electrons. The van der Waals surface area contributed by atoms with Crippen LogP contribution in [0.15, 0.2) is 23.8 Å². The number of aliphatic hydroxyl groups excluding tert-OH is 4. The number of halogens is 1. The number of carbonyl (C=O) groups excluding carboxylic acids is 3. The van der Waals surface area contributed by atoms with Crippen molar-refractivity contribution in [3.05, 3.63) is 23.8 Å². The van der Waals surface area contributed by atoms with Crippen molar-refractivity contribution in [1.82, 2.24) is 15.1 Å². The molecule has 26 atom stereocenters. The number of nitrogens with zero attached hydrogens (tertiary/aromatic N) is 2. The number of fused-ring (bicyclic) bond motifs is 5. The second-order valence-corrected chi connectivity index (χ2v) is 27.5. The highest BCUT2D eigenvalue weighted by molar-refractivity contribution is 6.01. The average molecular weight is 1150 g/mol. The number of alkyl halides is 1. The van der Waals surface area contributed by atoms with E-state index in [-0.39, 0.29) is 69.2 Å². The number of aliphatic hydroxyl groups is 7. The molecule has 8 N–H and O–H groups in total. The molecule has 3 saturated carbocycles. The van der Waals surface area contributed by atoms with Gasteiger partial charge in [-0.2, -0.15) is 0 Å². The third-order valence-corrected chi connectivity index (χ3v) is 21.5. The van der Waals surface area contributed by atoms with Gasteiger partial charge in [0.1, 0.15) is 30.0 Å². The Morgan fingerprint density at radius 1 is 0.901 bits per heavy atom. The van der Waals surface area contributed by atoms with E-state index in [0.29, 0.717) is 37.7 Å². The van der Waals surface area contributed by atoms with Crippen LogP contribution in [0.2, 0.25) is 0 Å². The van der Waals surface area contributed by atoms with Crippen molar-refractivity contribution in [1.29, 1.82) is 0 Å². The van der Waals surface area contributed by atoms with Gasteiger partial charge in [0, 0.05) is 67.9 Å². The average Bonchev–Trinajstić information content (AvgIpc) is 2.79. The van der Waals surface area contributed by atoms with E-state index in [2.05, 4.69) is 5.32 Å². The fourth-order valence-corrected chi connectivity index (χ4v) is 16.5. The Hall–Kier alpha value is -2.54. The number of nitrogens with one attached hydrogen (secondary N) is 1. The number of methoxy groups -OCH3 is 1. The summed E-state index contributed by atoms with van der Waals surface area (Å²) in [6.07, 6.45) is -5.63. The van der Waals surface area contributed by atoms with Crippen LogP contribution >= 0.6 is 0 Å².